The average Bonchev–Trinajstić information content (AvgIpc) is 2.54. The van der Waals surface area contributed by atoms with Crippen molar-refractivity contribution in [3.63, 3.8) is 0 Å². The Bertz CT molecular complexity index is 422. The zero-order valence-corrected chi connectivity index (χ0v) is 14.4. The maximum Gasteiger partial charge on any atom is 0.229 e. The molecule has 0 bridgehead atoms. The first kappa shape index (κ1) is 19.6. The van der Waals surface area contributed by atoms with Gasteiger partial charge in [-0.3, -0.25) is 4.79 Å². The number of carbonyl (C=O) groups excluding carboxylic acids is 1. The van der Waals surface area contributed by atoms with Gasteiger partial charge in [-0.2, -0.15) is 0 Å². The molecule has 0 radical (unpaired) electrons. The van der Waals surface area contributed by atoms with Crippen molar-refractivity contribution in [1.82, 2.24) is 5.32 Å². The molecule has 5 heteroatoms. The summed E-state index contributed by atoms with van der Waals surface area (Å²) in [6.45, 7) is 9.04. The second-order valence-electron chi connectivity index (χ2n) is 5.54. The summed E-state index contributed by atoms with van der Waals surface area (Å²) in [6, 6.07) is 9.82. The highest BCUT2D eigenvalue weighted by atomic mass is 16.5. The zero-order valence-electron chi connectivity index (χ0n) is 14.4. The van der Waals surface area contributed by atoms with Gasteiger partial charge in [-0.25, -0.2) is 0 Å². The van der Waals surface area contributed by atoms with Crippen LogP contribution in [0.15, 0.2) is 30.3 Å². The van der Waals surface area contributed by atoms with Gasteiger partial charge in [0.25, 0.3) is 0 Å². The molecule has 1 unspecified atom stereocenters. The van der Waals surface area contributed by atoms with Gasteiger partial charge in [0.05, 0.1) is 32.3 Å². The smallest absolute Gasteiger partial charge is 0.229 e. The van der Waals surface area contributed by atoms with Crippen LogP contribution in [0.5, 0.6) is 0 Å². The van der Waals surface area contributed by atoms with Crippen molar-refractivity contribution >= 4 is 5.91 Å². The summed E-state index contributed by atoms with van der Waals surface area (Å²) in [7, 11) is 0. The minimum atomic E-state index is -0.165. The number of benzene rings is 1. The molecule has 0 fully saturated rings. The number of hydrogen-bond donors (Lipinski definition) is 1. The largest absolute Gasteiger partial charge is 0.379 e. The van der Waals surface area contributed by atoms with Crippen LogP contribution in [0.4, 0.5) is 0 Å². The Labute approximate surface area is 139 Å². The fourth-order valence-corrected chi connectivity index (χ4v) is 2.29. The fraction of sp³-hybridized carbons (Fsp3) is 0.611. The molecule has 0 spiro atoms. The van der Waals surface area contributed by atoms with E-state index in [1.54, 1.807) is 0 Å². The summed E-state index contributed by atoms with van der Waals surface area (Å²) < 4.78 is 15.9. The van der Waals surface area contributed by atoms with Crippen LogP contribution in [0, 0.1) is 5.92 Å². The zero-order chi connectivity index (χ0) is 16.9. The molecule has 0 saturated carbocycles. The third-order valence-electron chi connectivity index (χ3n) is 3.40. The normalized spacial score (nSPS) is 12.3. The third-order valence-corrected chi connectivity index (χ3v) is 3.40. The maximum atomic E-state index is 12.4. The minimum absolute atomic E-state index is 0.0107. The topological polar surface area (TPSA) is 56.8 Å². The molecule has 130 valence electrons. The lowest BCUT2D eigenvalue weighted by Gasteiger charge is -2.20. The van der Waals surface area contributed by atoms with E-state index in [-0.39, 0.29) is 24.5 Å². The highest BCUT2D eigenvalue weighted by molar-refractivity contribution is 5.83. The lowest BCUT2D eigenvalue weighted by Crippen LogP contribution is -2.34. The molecule has 0 aliphatic heterocycles. The quantitative estimate of drug-likeness (QED) is 0.474. The van der Waals surface area contributed by atoms with Crippen molar-refractivity contribution < 1.29 is 19.0 Å². The van der Waals surface area contributed by atoms with Gasteiger partial charge in [-0.15, -0.1) is 0 Å². The first-order valence-corrected chi connectivity index (χ1v) is 8.22. The molecule has 1 aromatic carbocycles. The highest BCUT2D eigenvalue weighted by Crippen LogP contribution is 2.24. The molecule has 0 aromatic heterocycles. The van der Waals surface area contributed by atoms with Crippen molar-refractivity contribution in [2.24, 2.45) is 5.92 Å². The molecule has 1 amide bonds. The van der Waals surface area contributed by atoms with E-state index >= 15 is 0 Å². The van der Waals surface area contributed by atoms with E-state index in [0.717, 1.165) is 5.56 Å². The molecule has 23 heavy (non-hydrogen) atoms. The Morgan fingerprint density at radius 2 is 1.61 bits per heavy atom. The van der Waals surface area contributed by atoms with E-state index in [0.29, 0.717) is 33.0 Å². The van der Waals surface area contributed by atoms with Crippen molar-refractivity contribution in [2.45, 2.75) is 26.7 Å². The molecular weight excluding hydrogens is 294 g/mol. The first-order valence-electron chi connectivity index (χ1n) is 8.22. The molecule has 5 nitrogen and oxygen atoms in total. The maximum absolute atomic E-state index is 12.4. The van der Waals surface area contributed by atoms with Crippen LogP contribution in [-0.4, -0.2) is 45.7 Å². The Kier molecular flexibility index (Phi) is 10.3. The number of hydrogen-bond acceptors (Lipinski definition) is 4. The van der Waals surface area contributed by atoms with Crippen LogP contribution in [0.1, 0.15) is 32.3 Å². The Balaban J connectivity index is 2.21. The van der Waals surface area contributed by atoms with E-state index in [4.69, 9.17) is 14.2 Å². The predicted molar refractivity (Wildman–Crippen MR) is 90.3 cm³/mol. The van der Waals surface area contributed by atoms with Gasteiger partial charge in [0.15, 0.2) is 0 Å². The monoisotopic (exact) mass is 323 g/mol. The molecule has 1 aromatic rings. The van der Waals surface area contributed by atoms with Gasteiger partial charge in [0.1, 0.15) is 6.73 Å². The van der Waals surface area contributed by atoms with Crippen LogP contribution in [0.2, 0.25) is 0 Å². The third kappa shape index (κ3) is 8.11. The van der Waals surface area contributed by atoms with E-state index in [1.807, 2.05) is 51.1 Å². The van der Waals surface area contributed by atoms with Crippen LogP contribution < -0.4 is 5.32 Å². The van der Waals surface area contributed by atoms with Gasteiger partial charge in [-0.1, -0.05) is 44.2 Å². The van der Waals surface area contributed by atoms with E-state index in [2.05, 4.69) is 5.32 Å². The second-order valence-corrected chi connectivity index (χ2v) is 5.54. The van der Waals surface area contributed by atoms with Crippen molar-refractivity contribution in [3.8, 4) is 0 Å². The minimum Gasteiger partial charge on any atom is -0.379 e. The molecule has 1 N–H and O–H groups in total. The number of carbonyl (C=O) groups is 1. The van der Waals surface area contributed by atoms with Crippen molar-refractivity contribution in [3.05, 3.63) is 35.9 Å². The highest BCUT2D eigenvalue weighted by Gasteiger charge is 2.23. The van der Waals surface area contributed by atoms with Gasteiger partial charge < -0.3 is 19.5 Å². The number of nitrogens with one attached hydrogen (secondary N) is 1. The summed E-state index contributed by atoms with van der Waals surface area (Å²) in [6.07, 6.45) is 0. The van der Waals surface area contributed by atoms with Crippen LogP contribution in [0.25, 0.3) is 0 Å². The summed E-state index contributed by atoms with van der Waals surface area (Å²) >= 11 is 0. The van der Waals surface area contributed by atoms with Gasteiger partial charge >= 0.3 is 0 Å². The molecule has 1 rings (SSSR count). The molecule has 0 aliphatic carbocycles. The Hall–Kier alpha value is -1.43. The fourth-order valence-electron chi connectivity index (χ4n) is 2.29. The summed E-state index contributed by atoms with van der Waals surface area (Å²) in [5.74, 6) is 0.0463. The van der Waals surface area contributed by atoms with Gasteiger partial charge in [0.2, 0.25) is 5.91 Å². The summed E-state index contributed by atoms with van der Waals surface area (Å²) in [5, 5.41) is 2.83. The standard InChI is InChI=1S/C18H29NO4/c1-4-21-10-11-22-12-13-23-14-19-18(20)17(15(2)3)16-8-6-5-7-9-16/h5-9,15,17H,4,10-14H2,1-3H3,(H,19,20). The Morgan fingerprint density at radius 1 is 1.00 bits per heavy atom. The molecule has 0 saturated heterocycles. The number of ether oxygens (including phenoxy) is 3. The predicted octanol–water partition coefficient (Wildman–Crippen LogP) is 2.57. The lowest BCUT2D eigenvalue weighted by molar-refractivity contribution is -0.125. The van der Waals surface area contributed by atoms with Gasteiger partial charge in [-0.05, 0) is 18.4 Å². The number of amides is 1. The second kappa shape index (κ2) is 12.0. The molecule has 1 atom stereocenters. The van der Waals surface area contributed by atoms with Crippen molar-refractivity contribution in [2.75, 3.05) is 39.8 Å². The number of rotatable bonds is 12. The van der Waals surface area contributed by atoms with E-state index < -0.39 is 0 Å². The van der Waals surface area contributed by atoms with Gasteiger partial charge in [0, 0.05) is 6.61 Å². The summed E-state index contributed by atoms with van der Waals surface area (Å²) in [5.41, 5.74) is 1.03. The summed E-state index contributed by atoms with van der Waals surface area (Å²) in [4.78, 5) is 12.4. The first-order chi connectivity index (χ1) is 11.2. The van der Waals surface area contributed by atoms with Crippen LogP contribution in [0.3, 0.4) is 0 Å². The SMILES string of the molecule is CCOCCOCCOCNC(=O)C(c1ccccc1)C(C)C. The average molecular weight is 323 g/mol. The lowest BCUT2D eigenvalue weighted by atomic mass is 9.88. The van der Waals surface area contributed by atoms with Crippen LogP contribution >= 0.6 is 0 Å². The molecule has 0 aliphatic rings. The van der Waals surface area contributed by atoms with Crippen LogP contribution in [-0.2, 0) is 19.0 Å². The van der Waals surface area contributed by atoms with Crippen molar-refractivity contribution in [1.29, 1.82) is 0 Å². The molecule has 0 heterocycles. The van der Waals surface area contributed by atoms with E-state index in [9.17, 15) is 4.79 Å². The Morgan fingerprint density at radius 3 is 2.22 bits per heavy atom. The van der Waals surface area contributed by atoms with E-state index in [1.165, 1.54) is 0 Å². The molecular formula is C18H29NO4.